The molecular weight excluding hydrogens is 206 g/mol. The van der Waals surface area contributed by atoms with Crippen LogP contribution in [0, 0.1) is 10.2 Å². The Morgan fingerprint density at radius 2 is 2.13 bits per heavy atom. The number of nitrogens with one attached hydrogen (secondary N) is 1. The maximum absolute atomic E-state index is 5.05. The molecule has 0 aliphatic heterocycles. The molecule has 1 fully saturated rings. The van der Waals surface area contributed by atoms with Crippen LogP contribution in [-0.2, 0) is 5.41 Å². The van der Waals surface area contributed by atoms with Gasteiger partial charge in [-0.3, -0.25) is 5.10 Å². The highest BCUT2D eigenvalue weighted by molar-refractivity contribution is 7.71. The summed E-state index contributed by atoms with van der Waals surface area (Å²) in [6.07, 6.45) is 2.45. The van der Waals surface area contributed by atoms with E-state index in [4.69, 9.17) is 12.2 Å². The second-order valence-electron chi connectivity index (χ2n) is 5.52. The molecule has 1 aromatic heterocycles. The average molecular weight is 221 g/mol. The number of hydrogen-bond acceptors (Lipinski definition) is 3. The predicted octanol–water partition coefficient (Wildman–Crippen LogP) is 2.71. The van der Waals surface area contributed by atoms with E-state index in [0.29, 0.717) is 10.7 Å². The van der Waals surface area contributed by atoms with Crippen molar-refractivity contribution in [2.24, 2.45) is 5.41 Å². The van der Waals surface area contributed by atoms with E-state index in [0.717, 1.165) is 11.4 Å². The van der Waals surface area contributed by atoms with Gasteiger partial charge in [0, 0.05) is 11.3 Å². The van der Waals surface area contributed by atoms with Crippen LogP contribution in [0.5, 0.6) is 0 Å². The van der Waals surface area contributed by atoms with Crippen LogP contribution >= 0.6 is 12.2 Å². The third kappa shape index (κ3) is 0.893. The van der Waals surface area contributed by atoms with Crippen molar-refractivity contribution in [1.82, 2.24) is 15.2 Å². The van der Waals surface area contributed by atoms with Crippen LogP contribution in [-0.4, -0.2) is 15.2 Å². The number of aromatic amines is 1. The first-order chi connectivity index (χ1) is 6.97. The van der Waals surface area contributed by atoms with E-state index in [9.17, 15) is 0 Å². The van der Waals surface area contributed by atoms with E-state index in [2.05, 4.69) is 36.0 Å². The van der Waals surface area contributed by atoms with Gasteiger partial charge in [-0.2, -0.15) is 5.10 Å². The van der Waals surface area contributed by atoms with Gasteiger partial charge in [0.25, 0.3) is 0 Å². The largest absolute Gasteiger partial charge is 0.252 e. The summed E-state index contributed by atoms with van der Waals surface area (Å²) in [5.74, 6) is 0.543. The zero-order valence-corrected chi connectivity index (χ0v) is 10.1. The van der Waals surface area contributed by atoms with Crippen molar-refractivity contribution in [2.45, 2.75) is 44.9 Å². The van der Waals surface area contributed by atoms with E-state index < -0.39 is 0 Å². The van der Waals surface area contributed by atoms with Crippen molar-refractivity contribution in [3.8, 4) is 0 Å². The first-order valence-electron chi connectivity index (χ1n) is 5.44. The standard InChI is InChI=1S/C11H15N3S/c1-10(2)6-4-5-11(10,3)8-7(6)12-9(15)14-13-8/h6H,4-5H2,1-3H3,(H,12,14,15). The smallest absolute Gasteiger partial charge is 0.213 e. The molecule has 4 heteroatoms. The van der Waals surface area contributed by atoms with Gasteiger partial charge in [-0.25, -0.2) is 4.98 Å². The van der Waals surface area contributed by atoms with Gasteiger partial charge in [-0.1, -0.05) is 20.8 Å². The van der Waals surface area contributed by atoms with Crippen LogP contribution in [0.15, 0.2) is 0 Å². The Balaban J connectivity index is 2.33. The Morgan fingerprint density at radius 3 is 2.87 bits per heavy atom. The Bertz CT molecular complexity index is 491. The monoisotopic (exact) mass is 221 g/mol. The molecule has 3 rings (SSSR count). The topological polar surface area (TPSA) is 41.6 Å². The molecule has 80 valence electrons. The Labute approximate surface area is 94.3 Å². The highest BCUT2D eigenvalue weighted by atomic mass is 32.1. The van der Waals surface area contributed by atoms with Gasteiger partial charge in [0.05, 0.1) is 11.4 Å². The molecule has 1 saturated carbocycles. The molecule has 3 nitrogen and oxygen atoms in total. The lowest BCUT2D eigenvalue weighted by Crippen LogP contribution is -2.32. The summed E-state index contributed by atoms with van der Waals surface area (Å²) in [4.78, 5) is 4.47. The molecule has 2 atom stereocenters. The number of hydrogen-bond donors (Lipinski definition) is 1. The molecule has 2 aliphatic rings. The molecule has 0 spiro atoms. The van der Waals surface area contributed by atoms with E-state index in [1.807, 2.05) is 0 Å². The summed E-state index contributed by atoms with van der Waals surface area (Å²) >= 11 is 5.05. The van der Waals surface area contributed by atoms with Crippen molar-refractivity contribution in [3.63, 3.8) is 0 Å². The molecule has 2 unspecified atom stereocenters. The summed E-state index contributed by atoms with van der Waals surface area (Å²) in [7, 11) is 0. The van der Waals surface area contributed by atoms with Gasteiger partial charge in [0.2, 0.25) is 4.77 Å². The van der Waals surface area contributed by atoms with E-state index in [1.165, 1.54) is 12.8 Å². The minimum absolute atomic E-state index is 0.180. The number of fused-ring (bicyclic) bond motifs is 5. The fourth-order valence-corrected chi connectivity index (χ4v) is 3.54. The van der Waals surface area contributed by atoms with Gasteiger partial charge in [-0.15, -0.1) is 0 Å². The summed E-state index contributed by atoms with van der Waals surface area (Å²) < 4.78 is 0.515. The highest BCUT2D eigenvalue weighted by Gasteiger charge is 2.61. The normalized spacial score (nSPS) is 35.5. The predicted molar refractivity (Wildman–Crippen MR) is 60.3 cm³/mol. The van der Waals surface area contributed by atoms with Crippen LogP contribution < -0.4 is 0 Å². The molecule has 2 aliphatic carbocycles. The van der Waals surface area contributed by atoms with E-state index in [-0.39, 0.29) is 10.8 Å². The number of aromatic nitrogens is 3. The minimum atomic E-state index is 0.180. The first-order valence-corrected chi connectivity index (χ1v) is 5.85. The molecule has 1 heterocycles. The van der Waals surface area contributed by atoms with Crippen molar-refractivity contribution < 1.29 is 0 Å². The van der Waals surface area contributed by atoms with Crippen molar-refractivity contribution in [2.75, 3.05) is 0 Å². The molecule has 1 aromatic rings. The van der Waals surface area contributed by atoms with Crippen molar-refractivity contribution in [1.29, 1.82) is 0 Å². The molecule has 0 amide bonds. The van der Waals surface area contributed by atoms with E-state index in [1.54, 1.807) is 0 Å². The third-order valence-electron chi connectivity index (χ3n) is 4.81. The SMILES string of the molecule is CC12CCC(c3nc(=S)[nH]nc31)C2(C)C. The number of nitrogens with zero attached hydrogens (tertiary/aromatic N) is 2. The van der Waals surface area contributed by atoms with Gasteiger partial charge in [0.15, 0.2) is 0 Å². The zero-order valence-electron chi connectivity index (χ0n) is 9.29. The Kier molecular flexibility index (Phi) is 1.57. The summed E-state index contributed by atoms with van der Waals surface area (Å²) in [5.41, 5.74) is 2.75. The molecular formula is C11H15N3S. The second-order valence-corrected chi connectivity index (χ2v) is 5.91. The maximum Gasteiger partial charge on any atom is 0.213 e. The van der Waals surface area contributed by atoms with Gasteiger partial charge in [-0.05, 0) is 30.5 Å². The Morgan fingerprint density at radius 1 is 1.40 bits per heavy atom. The maximum atomic E-state index is 5.05. The fraction of sp³-hybridized carbons (Fsp3) is 0.727. The van der Waals surface area contributed by atoms with Crippen molar-refractivity contribution >= 4 is 12.2 Å². The summed E-state index contributed by atoms with van der Waals surface area (Å²) in [6.45, 7) is 6.97. The zero-order chi connectivity index (χ0) is 10.8. The lowest BCUT2D eigenvalue weighted by molar-refractivity contribution is 0.226. The lowest BCUT2D eigenvalue weighted by atomic mass is 9.70. The quantitative estimate of drug-likeness (QED) is 0.685. The third-order valence-corrected chi connectivity index (χ3v) is 4.99. The minimum Gasteiger partial charge on any atom is -0.252 e. The van der Waals surface area contributed by atoms with Crippen LogP contribution in [0.3, 0.4) is 0 Å². The van der Waals surface area contributed by atoms with Crippen LogP contribution in [0.2, 0.25) is 0 Å². The van der Waals surface area contributed by atoms with Gasteiger partial charge >= 0.3 is 0 Å². The molecule has 0 radical (unpaired) electrons. The molecule has 2 bridgehead atoms. The van der Waals surface area contributed by atoms with Crippen molar-refractivity contribution in [3.05, 3.63) is 16.2 Å². The first kappa shape index (κ1) is 9.46. The van der Waals surface area contributed by atoms with E-state index >= 15 is 0 Å². The average Bonchev–Trinajstić information content (AvgIpc) is 2.47. The fourth-order valence-electron chi connectivity index (χ4n) is 3.40. The highest BCUT2D eigenvalue weighted by Crippen LogP contribution is 2.66. The molecule has 0 aromatic carbocycles. The summed E-state index contributed by atoms with van der Waals surface area (Å²) in [5, 5.41) is 7.25. The van der Waals surface area contributed by atoms with Gasteiger partial charge < -0.3 is 0 Å². The molecule has 1 N–H and O–H groups in total. The van der Waals surface area contributed by atoms with Crippen LogP contribution in [0.25, 0.3) is 0 Å². The van der Waals surface area contributed by atoms with Crippen LogP contribution in [0.1, 0.15) is 50.9 Å². The second kappa shape index (κ2) is 2.48. The summed E-state index contributed by atoms with van der Waals surface area (Å²) in [6, 6.07) is 0. The van der Waals surface area contributed by atoms with Crippen LogP contribution in [0.4, 0.5) is 0 Å². The molecule has 15 heavy (non-hydrogen) atoms. The van der Waals surface area contributed by atoms with Gasteiger partial charge in [0.1, 0.15) is 0 Å². The number of rotatable bonds is 0. The Hall–Kier alpha value is -0.770. The lowest BCUT2D eigenvalue weighted by Gasteiger charge is -2.33. The number of H-pyrrole nitrogens is 1. The molecule has 0 saturated heterocycles.